The molecule has 0 aliphatic rings. The molecule has 0 spiro atoms. The van der Waals surface area contributed by atoms with Crippen molar-refractivity contribution in [3.05, 3.63) is 16.9 Å². The highest BCUT2D eigenvalue weighted by Gasteiger charge is 1.96. The summed E-state index contributed by atoms with van der Waals surface area (Å²) in [5.74, 6) is 0.659. The van der Waals surface area contributed by atoms with Crippen LogP contribution in [0, 0.1) is 5.92 Å². The molecule has 0 saturated heterocycles. The Labute approximate surface area is 69.4 Å². The Hall–Kier alpha value is -0.310. The van der Waals surface area contributed by atoms with Gasteiger partial charge < -0.3 is 0 Å². The summed E-state index contributed by atoms with van der Waals surface area (Å²) in [7, 11) is 0. The maximum atomic E-state index is 4.13. The monoisotopic (exact) mass is 202 g/mol. The van der Waals surface area contributed by atoms with E-state index in [-0.39, 0.29) is 0 Å². The molecule has 10 heavy (non-hydrogen) atoms. The van der Waals surface area contributed by atoms with Crippen molar-refractivity contribution in [1.82, 2.24) is 9.78 Å². The Morgan fingerprint density at radius 3 is 2.80 bits per heavy atom. The molecular weight excluding hydrogens is 192 g/mol. The van der Waals surface area contributed by atoms with Gasteiger partial charge >= 0.3 is 0 Å². The van der Waals surface area contributed by atoms with Gasteiger partial charge in [-0.3, -0.25) is 4.68 Å². The molecule has 0 atom stereocenters. The maximum Gasteiger partial charge on any atom is 0.0632 e. The number of nitrogens with zero attached hydrogens (tertiary/aromatic N) is 2. The first-order valence-corrected chi connectivity index (χ1v) is 4.15. The smallest absolute Gasteiger partial charge is 0.0632 e. The van der Waals surface area contributed by atoms with Crippen molar-refractivity contribution in [3.63, 3.8) is 0 Å². The van der Waals surface area contributed by atoms with Crippen molar-refractivity contribution in [2.45, 2.75) is 20.4 Å². The summed E-state index contributed by atoms with van der Waals surface area (Å²) in [5.41, 5.74) is 0. The molecule has 0 unspecified atom stereocenters. The maximum absolute atomic E-state index is 4.13. The van der Waals surface area contributed by atoms with E-state index >= 15 is 0 Å². The van der Waals surface area contributed by atoms with E-state index < -0.39 is 0 Å². The van der Waals surface area contributed by atoms with E-state index in [4.69, 9.17) is 0 Å². The summed E-state index contributed by atoms with van der Waals surface area (Å²) in [5, 5.41) is 4.13. The second kappa shape index (κ2) is 3.19. The molecule has 0 aliphatic heterocycles. The number of hydrogen-bond acceptors (Lipinski definition) is 1. The van der Waals surface area contributed by atoms with Crippen LogP contribution in [0.5, 0.6) is 0 Å². The fraction of sp³-hybridized carbons (Fsp3) is 0.571. The molecular formula is C7H11BrN2. The summed E-state index contributed by atoms with van der Waals surface area (Å²) >= 11 is 3.34. The predicted octanol–water partition coefficient (Wildman–Crippen LogP) is 2.30. The summed E-state index contributed by atoms with van der Waals surface area (Å²) in [6.45, 7) is 5.34. The lowest BCUT2D eigenvalue weighted by atomic mass is 10.2. The second-order valence-electron chi connectivity index (χ2n) is 2.77. The second-order valence-corrected chi connectivity index (χ2v) is 3.69. The largest absolute Gasteiger partial charge is 0.271 e. The molecule has 1 aromatic heterocycles. The Kier molecular flexibility index (Phi) is 2.49. The molecule has 0 radical (unpaired) electrons. The molecule has 0 N–H and O–H groups in total. The van der Waals surface area contributed by atoms with Gasteiger partial charge in [0.05, 0.1) is 10.7 Å². The van der Waals surface area contributed by atoms with Crippen molar-refractivity contribution in [2.75, 3.05) is 0 Å². The Morgan fingerprint density at radius 1 is 1.70 bits per heavy atom. The van der Waals surface area contributed by atoms with E-state index in [1.165, 1.54) is 0 Å². The van der Waals surface area contributed by atoms with Crippen LogP contribution in [0.25, 0.3) is 0 Å². The molecule has 56 valence electrons. The highest BCUT2D eigenvalue weighted by atomic mass is 79.9. The van der Waals surface area contributed by atoms with Gasteiger partial charge in [-0.15, -0.1) is 0 Å². The van der Waals surface area contributed by atoms with E-state index in [0.29, 0.717) is 5.92 Å². The minimum atomic E-state index is 0.659. The van der Waals surface area contributed by atoms with Crippen molar-refractivity contribution < 1.29 is 0 Å². The molecule has 3 heteroatoms. The Bertz CT molecular complexity index is 205. The minimum absolute atomic E-state index is 0.659. The zero-order valence-electron chi connectivity index (χ0n) is 6.21. The van der Waals surface area contributed by atoms with E-state index in [1.807, 2.05) is 17.1 Å². The van der Waals surface area contributed by atoms with E-state index in [2.05, 4.69) is 34.9 Å². The molecule has 0 saturated carbocycles. The van der Waals surface area contributed by atoms with Crippen LogP contribution in [-0.4, -0.2) is 9.78 Å². The van der Waals surface area contributed by atoms with E-state index in [9.17, 15) is 0 Å². The molecule has 0 amide bonds. The molecule has 2 nitrogen and oxygen atoms in total. The minimum Gasteiger partial charge on any atom is -0.271 e. The lowest BCUT2D eigenvalue weighted by molar-refractivity contribution is 0.483. The number of rotatable bonds is 2. The Morgan fingerprint density at radius 2 is 2.40 bits per heavy atom. The van der Waals surface area contributed by atoms with Crippen LogP contribution in [0.2, 0.25) is 0 Å². The van der Waals surface area contributed by atoms with Gasteiger partial charge in [-0.1, -0.05) is 13.8 Å². The highest BCUT2D eigenvalue weighted by molar-refractivity contribution is 9.10. The lowest BCUT2D eigenvalue weighted by Crippen LogP contribution is -2.03. The van der Waals surface area contributed by atoms with Crippen LogP contribution in [0.3, 0.4) is 0 Å². The topological polar surface area (TPSA) is 17.8 Å². The van der Waals surface area contributed by atoms with Crippen molar-refractivity contribution in [1.29, 1.82) is 0 Å². The number of aromatic nitrogens is 2. The molecule has 0 aromatic carbocycles. The quantitative estimate of drug-likeness (QED) is 0.721. The third kappa shape index (κ3) is 2.14. The summed E-state index contributed by atoms with van der Waals surface area (Å²) < 4.78 is 2.99. The van der Waals surface area contributed by atoms with Gasteiger partial charge in [-0.2, -0.15) is 5.10 Å². The summed E-state index contributed by atoms with van der Waals surface area (Å²) in [6, 6.07) is 0. The zero-order valence-corrected chi connectivity index (χ0v) is 7.80. The van der Waals surface area contributed by atoms with Gasteiger partial charge in [0.25, 0.3) is 0 Å². The fourth-order valence-electron chi connectivity index (χ4n) is 0.812. The molecule has 0 bridgehead atoms. The number of hydrogen-bond donors (Lipinski definition) is 0. The summed E-state index contributed by atoms with van der Waals surface area (Å²) in [4.78, 5) is 0. The SMILES string of the molecule is CC(C)Cn1cc(Br)cn1. The summed E-state index contributed by atoms with van der Waals surface area (Å²) in [6.07, 6.45) is 3.79. The lowest BCUT2D eigenvalue weighted by Gasteiger charge is -2.02. The van der Waals surface area contributed by atoms with Crippen LogP contribution < -0.4 is 0 Å². The zero-order chi connectivity index (χ0) is 7.56. The van der Waals surface area contributed by atoms with Gasteiger partial charge in [0.15, 0.2) is 0 Å². The van der Waals surface area contributed by atoms with Crippen LogP contribution in [0.15, 0.2) is 16.9 Å². The third-order valence-electron chi connectivity index (χ3n) is 1.15. The average molecular weight is 203 g/mol. The molecule has 0 aliphatic carbocycles. The van der Waals surface area contributed by atoms with Crippen molar-refractivity contribution in [2.24, 2.45) is 5.92 Å². The van der Waals surface area contributed by atoms with Crippen molar-refractivity contribution >= 4 is 15.9 Å². The molecule has 1 heterocycles. The number of halogens is 1. The first kappa shape index (κ1) is 7.79. The van der Waals surface area contributed by atoms with Gasteiger partial charge in [-0.05, 0) is 21.8 Å². The fourth-order valence-corrected chi connectivity index (χ4v) is 1.14. The normalized spacial score (nSPS) is 10.8. The molecule has 1 aromatic rings. The average Bonchev–Trinajstić information content (AvgIpc) is 2.13. The van der Waals surface area contributed by atoms with E-state index in [1.54, 1.807) is 0 Å². The van der Waals surface area contributed by atoms with Crippen LogP contribution in [0.1, 0.15) is 13.8 Å². The predicted molar refractivity (Wildman–Crippen MR) is 44.8 cm³/mol. The van der Waals surface area contributed by atoms with Crippen LogP contribution in [-0.2, 0) is 6.54 Å². The van der Waals surface area contributed by atoms with Gasteiger partial charge in [0, 0.05) is 12.7 Å². The van der Waals surface area contributed by atoms with Gasteiger partial charge in [-0.25, -0.2) is 0 Å². The van der Waals surface area contributed by atoms with Gasteiger partial charge in [0.2, 0.25) is 0 Å². The van der Waals surface area contributed by atoms with Crippen LogP contribution >= 0.6 is 15.9 Å². The Balaban J connectivity index is 2.58. The van der Waals surface area contributed by atoms with Gasteiger partial charge in [0.1, 0.15) is 0 Å². The molecule has 0 fully saturated rings. The third-order valence-corrected chi connectivity index (χ3v) is 1.56. The first-order valence-electron chi connectivity index (χ1n) is 3.36. The first-order chi connectivity index (χ1) is 4.68. The van der Waals surface area contributed by atoms with E-state index in [0.717, 1.165) is 11.0 Å². The molecule has 1 rings (SSSR count). The standard InChI is InChI=1S/C7H11BrN2/c1-6(2)4-10-5-7(8)3-9-10/h3,5-6H,4H2,1-2H3. The van der Waals surface area contributed by atoms with Crippen molar-refractivity contribution in [3.8, 4) is 0 Å². The highest BCUT2D eigenvalue weighted by Crippen LogP contribution is 2.07. The van der Waals surface area contributed by atoms with Crippen LogP contribution in [0.4, 0.5) is 0 Å².